The number of likely N-dealkylation sites (tertiary alicyclic amines) is 1. The molecule has 8 nitrogen and oxygen atoms in total. The fourth-order valence-corrected chi connectivity index (χ4v) is 3.42. The van der Waals surface area contributed by atoms with Crippen molar-refractivity contribution in [2.24, 2.45) is 4.99 Å². The highest BCUT2D eigenvalue weighted by atomic mass is 16.5. The number of H-pyrrole nitrogens is 1. The molecule has 1 aromatic heterocycles. The van der Waals surface area contributed by atoms with Crippen LogP contribution in [0.3, 0.4) is 0 Å². The molecular weight excluding hydrogens is 360 g/mol. The number of ether oxygens (including phenoxy) is 1. The van der Waals surface area contributed by atoms with Gasteiger partial charge in [-0.25, -0.2) is 9.36 Å². The van der Waals surface area contributed by atoms with E-state index in [9.17, 15) is 14.7 Å². The third-order valence-corrected chi connectivity index (χ3v) is 4.88. The smallest absolute Gasteiger partial charge is 0.335 e. The van der Waals surface area contributed by atoms with Crippen molar-refractivity contribution in [1.82, 2.24) is 14.5 Å². The van der Waals surface area contributed by atoms with Gasteiger partial charge < -0.3 is 14.7 Å². The number of methoxy groups -OCH3 is 1. The van der Waals surface area contributed by atoms with Crippen molar-refractivity contribution in [2.75, 3.05) is 33.3 Å². The third-order valence-electron chi connectivity index (χ3n) is 4.88. The highest BCUT2D eigenvalue weighted by Gasteiger charge is 2.16. The zero-order valence-electron chi connectivity index (χ0n) is 16.1. The van der Waals surface area contributed by atoms with Crippen molar-refractivity contribution in [1.29, 1.82) is 0 Å². The fraction of sp³-hybridized carbons (Fsp3) is 0.450. The number of rotatable bonds is 7. The van der Waals surface area contributed by atoms with Crippen LogP contribution < -0.4 is 16.0 Å². The summed E-state index contributed by atoms with van der Waals surface area (Å²) >= 11 is 0. The quantitative estimate of drug-likeness (QED) is 0.555. The Kier molecular flexibility index (Phi) is 6.65. The van der Waals surface area contributed by atoms with Crippen LogP contribution in [-0.2, 0) is 0 Å². The second kappa shape index (κ2) is 9.36. The van der Waals surface area contributed by atoms with E-state index in [1.54, 1.807) is 24.3 Å². The molecule has 0 amide bonds. The molecule has 3 rings (SSSR count). The summed E-state index contributed by atoms with van der Waals surface area (Å²) < 4.78 is 6.26. The van der Waals surface area contributed by atoms with E-state index >= 15 is 0 Å². The molecule has 2 N–H and O–H groups in total. The standard InChI is InChI=1S/C20H26N4O4/c1-28-17-9-4-3-8-16(17)24-19(26)15(18(25)22-20(24)27)14-21-10-7-13-23-11-5-2-6-12-23/h3-4,8-9,14,26H,2,5-7,10-13H2,1H3,(H,22,25,27). The number of aromatic nitrogens is 2. The van der Waals surface area contributed by atoms with Crippen molar-refractivity contribution in [2.45, 2.75) is 25.7 Å². The summed E-state index contributed by atoms with van der Waals surface area (Å²) in [6.07, 6.45) is 6.00. The van der Waals surface area contributed by atoms with Gasteiger partial charge in [0.2, 0.25) is 5.88 Å². The summed E-state index contributed by atoms with van der Waals surface area (Å²) in [5.74, 6) is -0.0607. The Morgan fingerprint density at radius 1 is 1.21 bits per heavy atom. The maximum Gasteiger partial charge on any atom is 0.335 e. The summed E-state index contributed by atoms with van der Waals surface area (Å²) in [5.41, 5.74) is -1.13. The van der Waals surface area contributed by atoms with Crippen LogP contribution >= 0.6 is 0 Å². The van der Waals surface area contributed by atoms with Gasteiger partial charge in [-0.15, -0.1) is 0 Å². The van der Waals surface area contributed by atoms with E-state index in [2.05, 4.69) is 14.9 Å². The summed E-state index contributed by atoms with van der Waals surface area (Å²) in [6.45, 7) is 3.78. The average Bonchev–Trinajstić information content (AvgIpc) is 2.71. The molecule has 150 valence electrons. The van der Waals surface area contributed by atoms with Crippen molar-refractivity contribution in [3.05, 3.63) is 50.7 Å². The summed E-state index contributed by atoms with van der Waals surface area (Å²) in [7, 11) is 1.47. The van der Waals surface area contributed by atoms with Crippen LogP contribution in [0.5, 0.6) is 11.6 Å². The van der Waals surface area contributed by atoms with E-state index in [4.69, 9.17) is 4.74 Å². The second-order valence-corrected chi connectivity index (χ2v) is 6.79. The molecule has 0 spiro atoms. The van der Waals surface area contributed by atoms with Gasteiger partial charge >= 0.3 is 5.69 Å². The lowest BCUT2D eigenvalue weighted by molar-refractivity contribution is 0.228. The van der Waals surface area contributed by atoms with Gasteiger partial charge in [-0.3, -0.25) is 14.8 Å². The second-order valence-electron chi connectivity index (χ2n) is 6.79. The molecule has 1 aromatic carbocycles. The predicted molar refractivity (Wildman–Crippen MR) is 108 cm³/mol. The molecule has 0 aliphatic carbocycles. The average molecular weight is 386 g/mol. The molecule has 0 bridgehead atoms. The van der Waals surface area contributed by atoms with Gasteiger partial charge in [-0.2, -0.15) is 0 Å². The van der Waals surface area contributed by atoms with Crippen molar-refractivity contribution < 1.29 is 9.84 Å². The van der Waals surface area contributed by atoms with E-state index in [1.165, 1.54) is 32.6 Å². The van der Waals surface area contributed by atoms with Gasteiger partial charge in [0.05, 0.1) is 12.8 Å². The Morgan fingerprint density at radius 3 is 2.71 bits per heavy atom. The first-order valence-corrected chi connectivity index (χ1v) is 9.55. The number of aromatic hydroxyl groups is 1. The van der Waals surface area contributed by atoms with E-state index in [0.717, 1.165) is 30.6 Å². The number of piperidine rings is 1. The molecule has 1 aliphatic rings. The Morgan fingerprint density at radius 2 is 1.96 bits per heavy atom. The van der Waals surface area contributed by atoms with Crippen molar-refractivity contribution in [3.8, 4) is 17.3 Å². The normalized spacial score (nSPS) is 15.2. The Bertz CT molecular complexity index is 942. The number of benzene rings is 1. The number of hydrogen-bond donors (Lipinski definition) is 2. The number of aromatic amines is 1. The van der Waals surface area contributed by atoms with Crippen LogP contribution in [-0.4, -0.2) is 59.1 Å². The molecule has 1 fully saturated rings. The molecule has 0 saturated carbocycles. The Hall–Kier alpha value is -2.87. The predicted octanol–water partition coefficient (Wildman–Crippen LogP) is 1.53. The molecule has 28 heavy (non-hydrogen) atoms. The van der Waals surface area contributed by atoms with Crippen LogP contribution in [0, 0.1) is 0 Å². The van der Waals surface area contributed by atoms with Crippen LogP contribution in [0.1, 0.15) is 31.2 Å². The zero-order chi connectivity index (χ0) is 19.9. The lowest BCUT2D eigenvalue weighted by Gasteiger charge is -2.25. The summed E-state index contributed by atoms with van der Waals surface area (Å²) in [5, 5.41) is 10.6. The molecular formula is C20H26N4O4. The number of para-hydroxylation sites is 2. The van der Waals surface area contributed by atoms with Crippen molar-refractivity contribution >= 4 is 6.21 Å². The van der Waals surface area contributed by atoms with E-state index in [-0.39, 0.29) is 5.56 Å². The fourth-order valence-electron chi connectivity index (χ4n) is 3.42. The molecule has 0 unspecified atom stereocenters. The van der Waals surface area contributed by atoms with Crippen molar-refractivity contribution in [3.63, 3.8) is 0 Å². The number of nitrogens with zero attached hydrogens (tertiary/aromatic N) is 3. The topological polar surface area (TPSA) is 99.9 Å². The Labute approximate surface area is 163 Å². The lowest BCUT2D eigenvalue weighted by atomic mass is 10.1. The first kappa shape index (κ1) is 19.9. The van der Waals surface area contributed by atoms with Crippen LogP contribution in [0.25, 0.3) is 5.69 Å². The van der Waals surface area contributed by atoms with Gasteiger partial charge in [0, 0.05) is 12.8 Å². The van der Waals surface area contributed by atoms with Gasteiger partial charge in [-0.05, 0) is 51.0 Å². The van der Waals surface area contributed by atoms with Crippen LogP contribution in [0.15, 0.2) is 38.8 Å². The molecule has 1 saturated heterocycles. The highest BCUT2D eigenvalue weighted by Crippen LogP contribution is 2.24. The monoisotopic (exact) mass is 386 g/mol. The minimum Gasteiger partial charge on any atom is -0.495 e. The number of nitrogens with one attached hydrogen (secondary N) is 1. The molecule has 8 heteroatoms. The first-order valence-electron chi connectivity index (χ1n) is 9.55. The molecule has 0 atom stereocenters. The first-order chi connectivity index (χ1) is 13.6. The maximum absolute atomic E-state index is 12.3. The van der Waals surface area contributed by atoms with Gasteiger partial charge in [0.25, 0.3) is 5.56 Å². The van der Waals surface area contributed by atoms with Gasteiger partial charge in [0.1, 0.15) is 11.3 Å². The van der Waals surface area contributed by atoms with Crippen LogP contribution in [0.4, 0.5) is 0 Å². The minimum absolute atomic E-state index is 0.0523. The van der Waals surface area contributed by atoms with E-state index in [0.29, 0.717) is 18.0 Å². The molecule has 2 heterocycles. The highest BCUT2D eigenvalue weighted by molar-refractivity contribution is 5.82. The molecule has 1 aliphatic heterocycles. The Balaban J connectivity index is 1.78. The van der Waals surface area contributed by atoms with E-state index in [1.807, 2.05) is 0 Å². The molecule has 0 radical (unpaired) electrons. The maximum atomic E-state index is 12.3. The SMILES string of the molecule is COc1ccccc1-n1c(O)c(C=NCCCN2CCCCC2)c(=O)[nH]c1=O. The van der Waals surface area contributed by atoms with E-state index < -0.39 is 17.1 Å². The lowest BCUT2D eigenvalue weighted by Crippen LogP contribution is -2.31. The van der Waals surface area contributed by atoms with Gasteiger partial charge in [-0.1, -0.05) is 18.6 Å². The number of aliphatic imine (C=N–C) groups is 1. The summed E-state index contributed by atoms with van der Waals surface area (Å²) in [6, 6.07) is 6.75. The summed E-state index contributed by atoms with van der Waals surface area (Å²) in [4.78, 5) is 33.4. The van der Waals surface area contributed by atoms with Gasteiger partial charge in [0.15, 0.2) is 0 Å². The third kappa shape index (κ3) is 4.51. The van der Waals surface area contributed by atoms with Crippen LogP contribution in [0.2, 0.25) is 0 Å². The minimum atomic E-state index is -0.741. The zero-order valence-corrected chi connectivity index (χ0v) is 16.1. The largest absolute Gasteiger partial charge is 0.495 e. The molecule has 2 aromatic rings. The number of hydrogen-bond acceptors (Lipinski definition) is 6.